The summed E-state index contributed by atoms with van der Waals surface area (Å²) in [7, 11) is 0. The summed E-state index contributed by atoms with van der Waals surface area (Å²) in [6.45, 7) is 3.80. The quantitative estimate of drug-likeness (QED) is 0.795. The Morgan fingerprint density at radius 3 is 2.52 bits per heavy atom. The molecule has 5 nitrogen and oxygen atoms in total. The Kier molecular flexibility index (Phi) is 4.90. The average Bonchev–Trinajstić information content (AvgIpc) is 2.48. The van der Waals surface area contributed by atoms with E-state index in [4.69, 9.17) is 4.74 Å². The third-order valence-electron chi connectivity index (χ3n) is 2.97. The first kappa shape index (κ1) is 15.4. The third kappa shape index (κ3) is 3.21. The van der Waals surface area contributed by atoms with Crippen molar-refractivity contribution >= 4 is 21.9 Å². The van der Waals surface area contributed by atoms with E-state index in [0.717, 1.165) is 16.4 Å². The largest absolute Gasteiger partial charge is 0.462 e. The number of carbonyl (C=O) groups is 1. The van der Waals surface area contributed by atoms with E-state index in [1.807, 2.05) is 31.2 Å². The van der Waals surface area contributed by atoms with Crippen molar-refractivity contribution in [3.8, 4) is 5.69 Å². The minimum atomic E-state index is -0.604. The number of aromatic nitrogens is 2. The van der Waals surface area contributed by atoms with Gasteiger partial charge in [-0.2, -0.15) is 5.10 Å². The number of hydrogen-bond acceptors (Lipinski definition) is 4. The van der Waals surface area contributed by atoms with Gasteiger partial charge in [0.1, 0.15) is 5.56 Å². The molecule has 2 rings (SSSR count). The van der Waals surface area contributed by atoms with E-state index in [-0.39, 0.29) is 12.2 Å². The molecule has 0 spiro atoms. The third-order valence-corrected chi connectivity index (χ3v) is 3.50. The van der Waals surface area contributed by atoms with E-state index >= 15 is 0 Å². The molecule has 1 aromatic heterocycles. The fourth-order valence-corrected chi connectivity index (χ4v) is 2.31. The first-order valence-corrected chi connectivity index (χ1v) is 7.42. The second-order valence-electron chi connectivity index (χ2n) is 4.29. The zero-order valence-corrected chi connectivity index (χ0v) is 13.4. The molecule has 0 fully saturated rings. The molecule has 0 saturated heterocycles. The maximum Gasteiger partial charge on any atom is 0.344 e. The van der Waals surface area contributed by atoms with Gasteiger partial charge < -0.3 is 4.74 Å². The topological polar surface area (TPSA) is 61.2 Å². The van der Waals surface area contributed by atoms with Gasteiger partial charge in [0, 0.05) is 4.47 Å². The van der Waals surface area contributed by atoms with Crippen LogP contribution in [0.5, 0.6) is 0 Å². The van der Waals surface area contributed by atoms with E-state index in [0.29, 0.717) is 12.1 Å². The molecule has 0 amide bonds. The molecule has 0 aliphatic carbocycles. The lowest BCUT2D eigenvalue weighted by atomic mass is 10.1. The highest BCUT2D eigenvalue weighted by Crippen LogP contribution is 2.16. The Morgan fingerprint density at radius 2 is 1.95 bits per heavy atom. The van der Waals surface area contributed by atoms with Gasteiger partial charge in [0.2, 0.25) is 5.43 Å². The lowest BCUT2D eigenvalue weighted by molar-refractivity contribution is 0.0522. The fourth-order valence-electron chi connectivity index (χ4n) is 2.05. The first-order valence-electron chi connectivity index (χ1n) is 6.62. The van der Waals surface area contributed by atoms with Crippen LogP contribution in [0.1, 0.15) is 29.9 Å². The molecule has 0 aliphatic heterocycles. The molecule has 110 valence electrons. The summed E-state index contributed by atoms with van der Waals surface area (Å²) in [5, 5.41) is 4.13. The van der Waals surface area contributed by atoms with Crippen LogP contribution in [0.25, 0.3) is 5.69 Å². The van der Waals surface area contributed by atoms with Gasteiger partial charge in [-0.15, -0.1) is 0 Å². The number of rotatable bonds is 4. The minimum absolute atomic E-state index is 0.0530. The highest BCUT2D eigenvalue weighted by molar-refractivity contribution is 9.10. The number of nitrogens with zero attached hydrogens (tertiary/aromatic N) is 2. The molecule has 0 radical (unpaired) electrons. The van der Waals surface area contributed by atoms with Crippen LogP contribution < -0.4 is 5.43 Å². The van der Waals surface area contributed by atoms with Gasteiger partial charge in [-0.25, -0.2) is 9.48 Å². The molecule has 0 saturated carbocycles. The Hall–Kier alpha value is -1.95. The van der Waals surface area contributed by atoms with Crippen molar-refractivity contribution in [2.75, 3.05) is 6.61 Å². The molecule has 0 bridgehead atoms. The van der Waals surface area contributed by atoms with Crippen molar-refractivity contribution < 1.29 is 9.53 Å². The molecular weight excluding hydrogens is 336 g/mol. The highest BCUT2D eigenvalue weighted by Gasteiger charge is 2.20. The normalized spacial score (nSPS) is 10.4. The summed E-state index contributed by atoms with van der Waals surface area (Å²) in [4.78, 5) is 24.0. The van der Waals surface area contributed by atoms with Crippen molar-refractivity contribution in [3.05, 3.63) is 56.4 Å². The Balaban J connectivity index is 2.63. The number of halogens is 1. The van der Waals surface area contributed by atoms with Crippen LogP contribution in [0.3, 0.4) is 0 Å². The van der Waals surface area contributed by atoms with E-state index < -0.39 is 11.4 Å². The van der Waals surface area contributed by atoms with Crippen LogP contribution in [-0.4, -0.2) is 22.4 Å². The van der Waals surface area contributed by atoms with E-state index in [9.17, 15) is 9.59 Å². The maximum absolute atomic E-state index is 12.0. The number of esters is 1. The minimum Gasteiger partial charge on any atom is -0.462 e. The molecule has 0 unspecified atom stereocenters. The Labute approximate surface area is 130 Å². The molecule has 0 atom stereocenters. The van der Waals surface area contributed by atoms with E-state index in [2.05, 4.69) is 21.0 Å². The zero-order chi connectivity index (χ0) is 15.4. The second kappa shape index (κ2) is 6.67. The van der Waals surface area contributed by atoms with Gasteiger partial charge in [-0.1, -0.05) is 22.9 Å². The molecular formula is C15H15BrN2O3. The Morgan fingerprint density at radius 1 is 1.29 bits per heavy atom. The SMILES string of the molecule is CCOC(=O)c1c(CC)n(-c2ccc(Br)cc2)ncc1=O. The van der Waals surface area contributed by atoms with Crippen LogP contribution >= 0.6 is 15.9 Å². The molecule has 1 heterocycles. The average molecular weight is 351 g/mol. The fraction of sp³-hybridized carbons (Fsp3) is 0.267. The van der Waals surface area contributed by atoms with Crippen molar-refractivity contribution in [3.63, 3.8) is 0 Å². The van der Waals surface area contributed by atoms with Crippen LogP contribution in [0.15, 0.2) is 39.7 Å². The summed E-state index contributed by atoms with van der Waals surface area (Å²) < 4.78 is 7.51. The van der Waals surface area contributed by atoms with E-state index in [1.165, 1.54) is 0 Å². The van der Waals surface area contributed by atoms with Crippen molar-refractivity contribution in [2.45, 2.75) is 20.3 Å². The Bertz CT molecular complexity index is 708. The molecule has 1 aromatic carbocycles. The summed E-state index contributed by atoms with van der Waals surface area (Å²) in [5.41, 5.74) is 0.958. The smallest absolute Gasteiger partial charge is 0.344 e. The molecule has 0 aliphatic rings. The van der Waals surface area contributed by atoms with Gasteiger partial charge in [-0.3, -0.25) is 4.79 Å². The lowest BCUT2D eigenvalue weighted by Crippen LogP contribution is -2.25. The maximum atomic E-state index is 12.0. The van der Waals surface area contributed by atoms with Crippen molar-refractivity contribution in [1.82, 2.24) is 9.78 Å². The standard InChI is InChI=1S/C15H15BrN2O3/c1-3-12-14(15(20)21-4-2)13(19)9-17-18(12)11-7-5-10(16)6-8-11/h5-9H,3-4H2,1-2H3. The number of hydrogen-bond donors (Lipinski definition) is 0. The highest BCUT2D eigenvalue weighted by atomic mass is 79.9. The van der Waals surface area contributed by atoms with Gasteiger partial charge in [0.15, 0.2) is 0 Å². The summed E-state index contributed by atoms with van der Waals surface area (Å²) in [5.74, 6) is -0.604. The van der Waals surface area contributed by atoms with Crippen LogP contribution in [0.2, 0.25) is 0 Å². The molecule has 2 aromatic rings. The van der Waals surface area contributed by atoms with Crippen molar-refractivity contribution in [2.24, 2.45) is 0 Å². The summed E-state index contributed by atoms with van der Waals surface area (Å²) in [6.07, 6.45) is 1.64. The van der Waals surface area contributed by atoms with E-state index in [1.54, 1.807) is 11.6 Å². The van der Waals surface area contributed by atoms with Crippen LogP contribution in [0.4, 0.5) is 0 Å². The van der Waals surface area contributed by atoms with Gasteiger partial charge in [-0.05, 0) is 37.6 Å². The van der Waals surface area contributed by atoms with Crippen molar-refractivity contribution in [1.29, 1.82) is 0 Å². The number of benzene rings is 1. The van der Waals surface area contributed by atoms with Gasteiger partial charge in [0.25, 0.3) is 0 Å². The van der Waals surface area contributed by atoms with Crippen LogP contribution in [0, 0.1) is 0 Å². The first-order chi connectivity index (χ1) is 10.1. The number of ether oxygens (including phenoxy) is 1. The zero-order valence-electron chi connectivity index (χ0n) is 11.8. The predicted octanol–water partition coefficient (Wildman–Crippen LogP) is 2.73. The second-order valence-corrected chi connectivity index (χ2v) is 5.21. The summed E-state index contributed by atoms with van der Waals surface area (Å²) in [6, 6.07) is 7.46. The van der Waals surface area contributed by atoms with Gasteiger partial charge in [0.05, 0.1) is 24.2 Å². The number of carbonyl (C=O) groups excluding carboxylic acids is 1. The summed E-state index contributed by atoms with van der Waals surface area (Å²) >= 11 is 3.37. The molecule has 6 heteroatoms. The lowest BCUT2D eigenvalue weighted by Gasteiger charge is -2.14. The monoisotopic (exact) mass is 350 g/mol. The molecule has 21 heavy (non-hydrogen) atoms. The predicted molar refractivity (Wildman–Crippen MR) is 82.9 cm³/mol. The van der Waals surface area contributed by atoms with Gasteiger partial charge >= 0.3 is 5.97 Å². The van der Waals surface area contributed by atoms with Crippen LogP contribution in [-0.2, 0) is 11.2 Å². The molecule has 0 N–H and O–H groups in total.